The van der Waals surface area contributed by atoms with E-state index in [9.17, 15) is 0 Å². The van der Waals surface area contributed by atoms with Crippen LogP contribution in [0.5, 0.6) is 0 Å². The van der Waals surface area contributed by atoms with Crippen molar-refractivity contribution in [3.8, 4) is 0 Å². The number of nitrogens with one attached hydrogen (secondary N) is 2. The monoisotopic (exact) mass is 297 g/mol. The summed E-state index contributed by atoms with van der Waals surface area (Å²) in [5.74, 6) is 0.871. The van der Waals surface area contributed by atoms with Gasteiger partial charge in [0.05, 0.1) is 13.2 Å². The van der Waals surface area contributed by atoms with E-state index in [4.69, 9.17) is 9.47 Å². The SMILES string of the molecule is CCCCOCCCNC(=NC)NCCC1=CCOCC1. The van der Waals surface area contributed by atoms with Crippen LogP contribution in [-0.2, 0) is 9.47 Å². The Bertz CT molecular complexity index is 317. The molecule has 0 fully saturated rings. The summed E-state index contributed by atoms with van der Waals surface area (Å²) in [6.45, 7) is 7.30. The minimum Gasteiger partial charge on any atom is -0.381 e. The summed E-state index contributed by atoms with van der Waals surface area (Å²) in [5, 5.41) is 6.66. The normalized spacial score (nSPS) is 15.7. The molecule has 5 heteroatoms. The Morgan fingerprint density at radius 2 is 2.10 bits per heavy atom. The Kier molecular flexibility index (Phi) is 10.8. The van der Waals surface area contributed by atoms with Gasteiger partial charge in [0.25, 0.3) is 0 Å². The highest BCUT2D eigenvalue weighted by Crippen LogP contribution is 2.10. The van der Waals surface area contributed by atoms with Crippen molar-refractivity contribution in [2.75, 3.05) is 46.6 Å². The molecule has 0 radical (unpaired) electrons. The molecule has 1 aliphatic rings. The molecule has 0 bridgehead atoms. The van der Waals surface area contributed by atoms with Gasteiger partial charge < -0.3 is 20.1 Å². The van der Waals surface area contributed by atoms with E-state index in [-0.39, 0.29) is 0 Å². The number of aliphatic imine (C=N–C) groups is 1. The number of hydrogen-bond acceptors (Lipinski definition) is 3. The second-order valence-electron chi connectivity index (χ2n) is 5.18. The van der Waals surface area contributed by atoms with Gasteiger partial charge in [0.1, 0.15) is 0 Å². The minimum atomic E-state index is 0.764. The van der Waals surface area contributed by atoms with Gasteiger partial charge in [-0.1, -0.05) is 25.0 Å². The predicted octanol–water partition coefficient (Wildman–Crippen LogP) is 2.09. The van der Waals surface area contributed by atoms with Crippen molar-refractivity contribution in [3.63, 3.8) is 0 Å². The molecule has 0 unspecified atom stereocenters. The van der Waals surface area contributed by atoms with Crippen molar-refractivity contribution >= 4 is 5.96 Å². The Hall–Kier alpha value is -1.07. The summed E-state index contributed by atoms with van der Waals surface area (Å²) in [7, 11) is 1.81. The molecule has 21 heavy (non-hydrogen) atoms. The van der Waals surface area contributed by atoms with E-state index < -0.39 is 0 Å². The number of unbranched alkanes of at least 4 members (excludes halogenated alkanes) is 1. The maximum absolute atomic E-state index is 5.53. The molecule has 1 heterocycles. The third-order valence-corrected chi connectivity index (χ3v) is 3.42. The van der Waals surface area contributed by atoms with E-state index in [0.29, 0.717) is 0 Å². The van der Waals surface area contributed by atoms with Gasteiger partial charge in [-0.2, -0.15) is 0 Å². The van der Waals surface area contributed by atoms with E-state index in [1.165, 1.54) is 12.0 Å². The number of guanidine groups is 1. The maximum atomic E-state index is 5.53. The van der Waals surface area contributed by atoms with Gasteiger partial charge in [-0.3, -0.25) is 4.99 Å². The van der Waals surface area contributed by atoms with Crippen LogP contribution in [0.3, 0.4) is 0 Å². The first-order valence-corrected chi connectivity index (χ1v) is 8.14. The molecule has 0 atom stereocenters. The predicted molar refractivity (Wildman–Crippen MR) is 87.8 cm³/mol. The van der Waals surface area contributed by atoms with E-state index in [0.717, 1.165) is 71.2 Å². The van der Waals surface area contributed by atoms with Crippen molar-refractivity contribution in [2.24, 2.45) is 4.99 Å². The zero-order chi connectivity index (χ0) is 15.2. The van der Waals surface area contributed by atoms with Crippen molar-refractivity contribution in [1.82, 2.24) is 10.6 Å². The van der Waals surface area contributed by atoms with Crippen molar-refractivity contribution in [1.29, 1.82) is 0 Å². The van der Waals surface area contributed by atoms with Crippen LogP contribution in [0.25, 0.3) is 0 Å². The highest BCUT2D eigenvalue weighted by Gasteiger charge is 2.04. The fraction of sp³-hybridized carbons (Fsp3) is 0.812. The molecule has 2 N–H and O–H groups in total. The van der Waals surface area contributed by atoms with E-state index >= 15 is 0 Å². The van der Waals surface area contributed by atoms with Crippen LogP contribution < -0.4 is 10.6 Å². The third-order valence-electron chi connectivity index (χ3n) is 3.42. The summed E-state index contributed by atoms with van der Waals surface area (Å²) >= 11 is 0. The molecule has 0 aromatic heterocycles. The lowest BCUT2D eigenvalue weighted by Gasteiger charge is -2.15. The smallest absolute Gasteiger partial charge is 0.190 e. The molecule has 1 aliphatic heterocycles. The fourth-order valence-electron chi connectivity index (χ4n) is 2.08. The van der Waals surface area contributed by atoms with Gasteiger partial charge in [-0.15, -0.1) is 0 Å². The Morgan fingerprint density at radius 3 is 2.81 bits per heavy atom. The first kappa shape index (κ1) is 18.0. The average Bonchev–Trinajstić information content (AvgIpc) is 2.53. The molecule has 0 aromatic rings. The molecule has 0 saturated heterocycles. The standard InChI is InChI=1S/C16H31N3O2/c1-3-4-11-20-12-5-9-18-16(17-2)19-10-6-15-7-13-21-14-8-15/h7H,3-6,8-14H2,1-2H3,(H2,17,18,19). The first-order valence-electron chi connectivity index (χ1n) is 8.14. The van der Waals surface area contributed by atoms with Crippen molar-refractivity contribution in [2.45, 2.75) is 39.0 Å². The summed E-state index contributed by atoms with van der Waals surface area (Å²) in [4.78, 5) is 4.23. The molecule has 5 nitrogen and oxygen atoms in total. The van der Waals surface area contributed by atoms with Gasteiger partial charge in [0.15, 0.2) is 5.96 Å². The molecule has 0 saturated carbocycles. The second-order valence-corrected chi connectivity index (χ2v) is 5.18. The van der Waals surface area contributed by atoms with Crippen LogP contribution in [0.2, 0.25) is 0 Å². The van der Waals surface area contributed by atoms with Crippen LogP contribution in [0.4, 0.5) is 0 Å². The van der Waals surface area contributed by atoms with Crippen LogP contribution in [-0.4, -0.2) is 52.5 Å². The number of rotatable bonds is 10. The molecule has 1 rings (SSSR count). The van der Waals surface area contributed by atoms with Gasteiger partial charge in [-0.05, 0) is 25.7 Å². The molecular weight excluding hydrogens is 266 g/mol. The summed E-state index contributed by atoms with van der Waals surface area (Å²) < 4.78 is 10.8. The largest absolute Gasteiger partial charge is 0.381 e. The Morgan fingerprint density at radius 1 is 1.29 bits per heavy atom. The molecular formula is C16H31N3O2. The number of nitrogens with zero attached hydrogens (tertiary/aromatic N) is 1. The number of hydrogen-bond donors (Lipinski definition) is 2. The molecule has 0 amide bonds. The zero-order valence-electron chi connectivity index (χ0n) is 13.6. The van der Waals surface area contributed by atoms with Gasteiger partial charge in [0, 0.05) is 33.4 Å². The van der Waals surface area contributed by atoms with Gasteiger partial charge >= 0.3 is 0 Å². The van der Waals surface area contributed by atoms with E-state index in [1.807, 2.05) is 0 Å². The lowest BCUT2D eigenvalue weighted by atomic mass is 10.1. The fourth-order valence-corrected chi connectivity index (χ4v) is 2.08. The lowest BCUT2D eigenvalue weighted by molar-refractivity contribution is 0.129. The summed E-state index contributed by atoms with van der Waals surface area (Å²) in [6.07, 6.45) is 7.66. The van der Waals surface area contributed by atoms with Gasteiger partial charge in [0.2, 0.25) is 0 Å². The summed E-state index contributed by atoms with van der Waals surface area (Å²) in [6, 6.07) is 0. The minimum absolute atomic E-state index is 0.764. The lowest BCUT2D eigenvalue weighted by Crippen LogP contribution is -2.38. The highest BCUT2D eigenvalue weighted by atomic mass is 16.5. The molecule has 0 aromatic carbocycles. The van der Waals surface area contributed by atoms with Crippen LogP contribution in [0, 0.1) is 0 Å². The zero-order valence-corrected chi connectivity index (χ0v) is 13.6. The van der Waals surface area contributed by atoms with Crippen molar-refractivity contribution in [3.05, 3.63) is 11.6 Å². The maximum Gasteiger partial charge on any atom is 0.190 e. The van der Waals surface area contributed by atoms with E-state index in [2.05, 4.69) is 28.6 Å². The average molecular weight is 297 g/mol. The molecule has 0 spiro atoms. The topological polar surface area (TPSA) is 54.9 Å². The second kappa shape index (κ2) is 12.7. The van der Waals surface area contributed by atoms with E-state index in [1.54, 1.807) is 7.05 Å². The summed E-state index contributed by atoms with van der Waals surface area (Å²) in [5.41, 5.74) is 1.48. The molecule has 122 valence electrons. The van der Waals surface area contributed by atoms with Crippen LogP contribution in [0.1, 0.15) is 39.0 Å². The quantitative estimate of drug-likeness (QED) is 0.281. The number of ether oxygens (including phenoxy) is 2. The Labute approximate surface area is 129 Å². The first-order chi connectivity index (χ1) is 10.4. The van der Waals surface area contributed by atoms with Crippen LogP contribution >= 0.6 is 0 Å². The van der Waals surface area contributed by atoms with Crippen LogP contribution in [0.15, 0.2) is 16.6 Å². The highest BCUT2D eigenvalue weighted by molar-refractivity contribution is 5.79. The van der Waals surface area contributed by atoms with Gasteiger partial charge in [-0.25, -0.2) is 0 Å². The third kappa shape index (κ3) is 9.47. The molecule has 0 aliphatic carbocycles. The van der Waals surface area contributed by atoms with Crippen molar-refractivity contribution < 1.29 is 9.47 Å². The Balaban J connectivity index is 2.00.